The lowest BCUT2D eigenvalue weighted by atomic mass is 9.88. The molecule has 1 atom stereocenters. The lowest BCUT2D eigenvalue weighted by Crippen LogP contribution is -2.49. The zero-order valence-electron chi connectivity index (χ0n) is 8.81. The molecule has 1 unspecified atom stereocenters. The van der Waals surface area contributed by atoms with E-state index < -0.39 is 0 Å². The van der Waals surface area contributed by atoms with Crippen molar-refractivity contribution in [1.82, 2.24) is 5.32 Å². The first-order chi connectivity index (χ1) is 6.16. The molecule has 0 saturated carbocycles. The van der Waals surface area contributed by atoms with Crippen molar-refractivity contribution in [2.24, 2.45) is 5.41 Å². The Hall–Kier alpha value is -0.340. The van der Waals surface area contributed by atoms with Crippen molar-refractivity contribution < 1.29 is 4.74 Å². The number of nitrogens with one attached hydrogen (secondary N) is 1. The summed E-state index contributed by atoms with van der Waals surface area (Å²) in [6.45, 7) is 11.1. The van der Waals surface area contributed by atoms with Gasteiger partial charge in [-0.25, -0.2) is 0 Å². The minimum atomic E-state index is 0.391. The van der Waals surface area contributed by atoms with E-state index in [-0.39, 0.29) is 0 Å². The molecule has 0 aliphatic carbocycles. The van der Waals surface area contributed by atoms with Gasteiger partial charge in [0, 0.05) is 18.0 Å². The summed E-state index contributed by atoms with van der Waals surface area (Å²) in [5.41, 5.74) is 0.391. The van der Waals surface area contributed by atoms with E-state index in [1.54, 1.807) is 0 Å². The molecule has 1 saturated heterocycles. The van der Waals surface area contributed by atoms with E-state index in [0.717, 1.165) is 26.2 Å². The molecule has 0 amide bonds. The van der Waals surface area contributed by atoms with Crippen molar-refractivity contribution in [3.8, 4) is 0 Å². The first-order valence-corrected chi connectivity index (χ1v) is 5.08. The van der Waals surface area contributed by atoms with Gasteiger partial charge < -0.3 is 10.1 Å². The van der Waals surface area contributed by atoms with Crippen molar-refractivity contribution in [3.05, 3.63) is 12.7 Å². The van der Waals surface area contributed by atoms with Gasteiger partial charge in [-0.2, -0.15) is 0 Å². The molecule has 0 aromatic carbocycles. The minimum absolute atomic E-state index is 0.391. The lowest BCUT2D eigenvalue weighted by molar-refractivity contribution is -0.0999. The third kappa shape index (κ3) is 3.49. The Balaban J connectivity index is 2.06. The van der Waals surface area contributed by atoms with Crippen LogP contribution in [0.5, 0.6) is 0 Å². The van der Waals surface area contributed by atoms with E-state index in [9.17, 15) is 0 Å². The zero-order chi connectivity index (χ0) is 9.73. The molecule has 0 aromatic rings. The summed E-state index contributed by atoms with van der Waals surface area (Å²) < 4.78 is 5.20. The maximum Gasteiger partial charge on any atom is 0.0554 e. The van der Waals surface area contributed by atoms with Crippen molar-refractivity contribution in [2.45, 2.75) is 32.7 Å². The summed E-state index contributed by atoms with van der Waals surface area (Å²) in [6, 6.07) is 0.593. The first kappa shape index (κ1) is 10.7. The number of ether oxygens (including phenoxy) is 1. The highest BCUT2D eigenvalue weighted by Gasteiger charge is 2.32. The second-order valence-electron chi connectivity index (χ2n) is 4.45. The Morgan fingerprint density at radius 3 is 2.77 bits per heavy atom. The molecule has 1 fully saturated rings. The molecular formula is C11H21NO. The molecule has 0 radical (unpaired) electrons. The molecule has 1 rings (SSSR count). The molecule has 2 nitrogen and oxygen atoms in total. The zero-order valence-corrected chi connectivity index (χ0v) is 8.81. The van der Waals surface area contributed by atoms with Crippen LogP contribution < -0.4 is 5.32 Å². The standard InChI is InChI=1S/C11H21NO/c1-4-5-6-10(2)12-7-11(3)8-13-9-11/h4,10,12H,1,5-9H2,2-3H3. The van der Waals surface area contributed by atoms with E-state index in [1.807, 2.05) is 6.08 Å². The van der Waals surface area contributed by atoms with Crippen LogP contribution in [0.15, 0.2) is 12.7 Å². The summed E-state index contributed by atoms with van der Waals surface area (Å²) in [5.74, 6) is 0. The van der Waals surface area contributed by atoms with Crippen molar-refractivity contribution >= 4 is 0 Å². The van der Waals surface area contributed by atoms with Crippen LogP contribution in [-0.2, 0) is 4.74 Å². The van der Waals surface area contributed by atoms with Gasteiger partial charge >= 0.3 is 0 Å². The molecule has 1 heterocycles. The number of hydrogen-bond donors (Lipinski definition) is 1. The van der Waals surface area contributed by atoms with E-state index in [4.69, 9.17) is 4.74 Å². The fourth-order valence-corrected chi connectivity index (χ4v) is 1.44. The number of hydrogen-bond acceptors (Lipinski definition) is 2. The second-order valence-corrected chi connectivity index (χ2v) is 4.45. The minimum Gasteiger partial charge on any atom is -0.380 e. The van der Waals surface area contributed by atoms with Crippen LogP contribution in [0.1, 0.15) is 26.7 Å². The predicted molar refractivity (Wildman–Crippen MR) is 55.8 cm³/mol. The van der Waals surface area contributed by atoms with Gasteiger partial charge in [-0.1, -0.05) is 13.0 Å². The molecule has 76 valence electrons. The van der Waals surface area contributed by atoms with Gasteiger partial charge in [0.2, 0.25) is 0 Å². The quantitative estimate of drug-likeness (QED) is 0.636. The third-order valence-electron chi connectivity index (χ3n) is 2.58. The van der Waals surface area contributed by atoms with Gasteiger partial charge in [0.25, 0.3) is 0 Å². The Labute approximate surface area is 81.4 Å². The topological polar surface area (TPSA) is 21.3 Å². The summed E-state index contributed by atoms with van der Waals surface area (Å²) in [5, 5.41) is 3.53. The highest BCUT2D eigenvalue weighted by Crippen LogP contribution is 2.25. The first-order valence-electron chi connectivity index (χ1n) is 5.08. The van der Waals surface area contributed by atoms with E-state index in [1.165, 1.54) is 6.42 Å². The van der Waals surface area contributed by atoms with E-state index in [0.29, 0.717) is 11.5 Å². The van der Waals surface area contributed by atoms with Gasteiger partial charge in [0.1, 0.15) is 0 Å². The Morgan fingerprint density at radius 2 is 2.31 bits per heavy atom. The molecule has 1 aliphatic rings. The van der Waals surface area contributed by atoms with Gasteiger partial charge in [0.15, 0.2) is 0 Å². The highest BCUT2D eigenvalue weighted by molar-refractivity contribution is 4.84. The monoisotopic (exact) mass is 183 g/mol. The van der Waals surface area contributed by atoms with Gasteiger partial charge in [0.05, 0.1) is 13.2 Å². The summed E-state index contributed by atoms with van der Waals surface area (Å²) in [6.07, 6.45) is 4.26. The molecular weight excluding hydrogens is 162 g/mol. The normalized spacial score (nSPS) is 22.0. The largest absolute Gasteiger partial charge is 0.380 e. The second kappa shape index (κ2) is 4.77. The molecule has 0 bridgehead atoms. The average Bonchev–Trinajstić information content (AvgIpc) is 2.08. The maximum atomic E-state index is 5.20. The van der Waals surface area contributed by atoms with Gasteiger partial charge in [-0.05, 0) is 19.8 Å². The van der Waals surface area contributed by atoms with Crippen LogP contribution in [0, 0.1) is 5.41 Å². The molecule has 1 N–H and O–H groups in total. The Bertz CT molecular complexity index is 163. The average molecular weight is 183 g/mol. The summed E-state index contributed by atoms with van der Waals surface area (Å²) >= 11 is 0. The summed E-state index contributed by atoms with van der Waals surface area (Å²) in [7, 11) is 0. The number of allylic oxidation sites excluding steroid dienone is 1. The summed E-state index contributed by atoms with van der Waals surface area (Å²) in [4.78, 5) is 0. The fraction of sp³-hybridized carbons (Fsp3) is 0.818. The smallest absolute Gasteiger partial charge is 0.0554 e. The lowest BCUT2D eigenvalue weighted by Gasteiger charge is -2.39. The van der Waals surface area contributed by atoms with Gasteiger partial charge in [-0.3, -0.25) is 0 Å². The third-order valence-corrected chi connectivity index (χ3v) is 2.58. The molecule has 0 aromatic heterocycles. The Kier molecular flexibility index (Phi) is 3.94. The number of rotatable bonds is 6. The molecule has 13 heavy (non-hydrogen) atoms. The SMILES string of the molecule is C=CCCC(C)NCC1(C)COC1. The maximum absolute atomic E-state index is 5.20. The van der Waals surface area contributed by atoms with Crippen molar-refractivity contribution in [3.63, 3.8) is 0 Å². The molecule has 0 spiro atoms. The van der Waals surface area contributed by atoms with Crippen molar-refractivity contribution in [1.29, 1.82) is 0 Å². The molecule has 2 heteroatoms. The molecule has 1 aliphatic heterocycles. The van der Waals surface area contributed by atoms with Crippen LogP contribution in [0.25, 0.3) is 0 Å². The van der Waals surface area contributed by atoms with Gasteiger partial charge in [-0.15, -0.1) is 6.58 Å². The van der Waals surface area contributed by atoms with Crippen LogP contribution in [0.3, 0.4) is 0 Å². The van der Waals surface area contributed by atoms with Crippen LogP contribution in [0.4, 0.5) is 0 Å². The van der Waals surface area contributed by atoms with Crippen LogP contribution in [-0.4, -0.2) is 25.8 Å². The fourth-order valence-electron chi connectivity index (χ4n) is 1.44. The highest BCUT2D eigenvalue weighted by atomic mass is 16.5. The van der Waals surface area contributed by atoms with Crippen molar-refractivity contribution in [2.75, 3.05) is 19.8 Å². The van der Waals surface area contributed by atoms with E-state index >= 15 is 0 Å². The van der Waals surface area contributed by atoms with E-state index in [2.05, 4.69) is 25.7 Å². The van der Waals surface area contributed by atoms with Crippen LogP contribution >= 0.6 is 0 Å². The van der Waals surface area contributed by atoms with Crippen LogP contribution in [0.2, 0.25) is 0 Å². The predicted octanol–water partition coefficient (Wildman–Crippen LogP) is 1.97. The Morgan fingerprint density at radius 1 is 1.62 bits per heavy atom.